The van der Waals surface area contributed by atoms with Gasteiger partial charge < -0.3 is 15.9 Å². The van der Waals surface area contributed by atoms with Crippen LogP contribution in [0.5, 0.6) is 11.5 Å². The van der Waals surface area contributed by atoms with Crippen molar-refractivity contribution < 1.29 is 10.2 Å². The SMILES string of the molecule is Nc1ccccc1Cc1ccc(O)c(O)c1. The maximum Gasteiger partial charge on any atom is 0.157 e. The summed E-state index contributed by atoms with van der Waals surface area (Å²) in [4.78, 5) is 0. The molecule has 0 heterocycles. The minimum absolute atomic E-state index is 0.105. The van der Waals surface area contributed by atoms with E-state index in [0.29, 0.717) is 6.42 Å². The molecule has 0 saturated carbocycles. The maximum absolute atomic E-state index is 9.37. The average Bonchev–Trinajstić information content (AvgIpc) is 2.27. The number of anilines is 1. The van der Waals surface area contributed by atoms with Crippen LogP contribution in [0.3, 0.4) is 0 Å². The Bertz CT molecular complexity index is 509. The van der Waals surface area contributed by atoms with Gasteiger partial charge in [-0.15, -0.1) is 0 Å². The van der Waals surface area contributed by atoms with Crippen LogP contribution in [0.1, 0.15) is 11.1 Å². The van der Waals surface area contributed by atoms with Gasteiger partial charge in [0.15, 0.2) is 11.5 Å². The summed E-state index contributed by atoms with van der Waals surface area (Å²) in [5.41, 5.74) is 8.47. The largest absolute Gasteiger partial charge is 0.504 e. The van der Waals surface area contributed by atoms with Gasteiger partial charge in [-0.2, -0.15) is 0 Å². The molecule has 0 spiro atoms. The third-order valence-corrected chi connectivity index (χ3v) is 2.49. The molecule has 2 aromatic rings. The normalized spacial score (nSPS) is 10.2. The average molecular weight is 215 g/mol. The minimum atomic E-state index is -0.107. The lowest BCUT2D eigenvalue weighted by molar-refractivity contribution is 0.403. The Kier molecular flexibility index (Phi) is 2.68. The summed E-state index contributed by atoms with van der Waals surface area (Å²) in [7, 11) is 0. The molecule has 4 N–H and O–H groups in total. The van der Waals surface area contributed by atoms with Gasteiger partial charge in [-0.05, 0) is 35.7 Å². The van der Waals surface area contributed by atoms with Crippen LogP contribution in [0.15, 0.2) is 42.5 Å². The van der Waals surface area contributed by atoms with Crippen molar-refractivity contribution in [3.05, 3.63) is 53.6 Å². The van der Waals surface area contributed by atoms with E-state index in [1.165, 1.54) is 6.07 Å². The molecule has 0 saturated heterocycles. The first-order valence-corrected chi connectivity index (χ1v) is 5.01. The summed E-state index contributed by atoms with van der Waals surface area (Å²) in [5.74, 6) is -0.211. The molecule has 3 nitrogen and oxygen atoms in total. The predicted octanol–water partition coefficient (Wildman–Crippen LogP) is 2.27. The second kappa shape index (κ2) is 4.14. The number of hydrogen-bond acceptors (Lipinski definition) is 3. The van der Waals surface area contributed by atoms with Gasteiger partial charge in [0, 0.05) is 5.69 Å². The van der Waals surface area contributed by atoms with Crippen molar-refractivity contribution in [1.29, 1.82) is 0 Å². The molecular formula is C13H13NO2. The molecule has 2 rings (SSSR count). The molecule has 0 bridgehead atoms. The molecule has 0 amide bonds. The van der Waals surface area contributed by atoms with Gasteiger partial charge in [-0.25, -0.2) is 0 Å². The minimum Gasteiger partial charge on any atom is -0.504 e. The van der Waals surface area contributed by atoms with E-state index < -0.39 is 0 Å². The summed E-state index contributed by atoms with van der Waals surface area (Å²) in [5, 5.41) is 18.6. The zero-order chi connectivity index (χ0) is 11.5. The topological polar surface area (TPSA) is 66.5 Å². The van der Waals surface area contributed by atoms with Crippen molar-refractivity contribution in [2.75, 3.05) is 5.73 Å². The van der Waals surface area contributed by atoms with Crippen molar-refractivity contribution in [2.24, 2.45) is 0 Å². The second-order valence-electron chi connectivity index (χ2n) is 3.70. The van der Waals surface area contributed by atoms with Gasteiger partial charge in [0.25, 0.3) is 0 Å². The molecular weight excluding hydrogens is 202 g/mol. The molecule has 82 valence electrons. The van der Waals surface area contributed by atoms with E-state index in [2.05, 4.69) is 0 Å². The van der Waals surface area contributed by atoms with Crippen molar-refractivity contribution >= 4 is 5.69 Å². The van der Waals surface area contributed by atoms with Crippen LogP contribution in [0.2, 0.25) is 0 Å². The van der Waals surface area contributed by atoms with E-state index in [4.69, 9.17) is 5.73 Å². The molecule has 0 aliphatic heterocycles. The van der Waals surface area contributed by atoms with E-state index >= 15 is 0 Å². The molecule has 0 fully saturated rings. The third-order valence-electron chi connectivity index (χ3n) is 2.49. The van der Waals surface area contributed by atoms with Gasteiger partial charge in [-0.1, -0.05) is 24.3 Å². The van der Waals surface area contributed by atoms with Crippen LogP contribution < -0.4 is 5.73 Å². The first kappa shape index (κ1) is 10.4. The van der Waals surface area contributed by atoms with E-state index in [9.17, 15) is 10.2 Å². The number of rotatable bonds is 2. The first-order valence-electron chi connectivity index (χ1n) is 5.01. The summed E-state index contributed by atoms with van der Waals surface area (Å²) < 4.78 is 0. The van der Waals surface area contributed by atoms with Crippen molar-refractivity contribution in [3.63, 3.8) is 0 Å². The third kappa shape index (κ3) is 2.08. The molecule has 0 aliphatic carbocycles. The van der Waals surface area contributed by atoms with E-state index in [1.807, 2.05) is 24.3 Å². The highest BCUT2D eigenvalue weighted by Crippen LogP contribution is 2.26. The lowest BCUT2D eigenvalue weighted by Gasteiger charge is -2.06. The summed E-state index contributed by atoms with van der Waals surface area (Å²) in [6.45, 7) is 0. The summed E-state index contributed by atoms with van der Waals surface area (Å²) in [6, 6.07) is 12.4. The van der Waals surface area contributed by atoms with E-state index in [1.54, 1.807) is 12.1 Å². The lowest BCUT2D eigenvalue weighted by atomic mass is 10.0. The molecule has 16 heavy (non-hydrogen) atoms. The number of nitrogen functional groups attached to an aromatic ring is 1. The van der Waals surface area contributed by atoms with E-state index in [-0.39, 0.29) is 11.5 Å². The van der Waals surface area contributed by atoms with Crippen LogP contribution >= 0.6 is 0 Å². The monoisotopic (exact) mass is 215 g/mol. The Labute approximate surface area is 93.8 Å². The summed E-state index contributed by atoms with van der Waals surface area (Å²) >= 11 is 0. The van der Waals surface area contributed by atoms with Gasteiger partial charge in [0.1, 0.15) is 0 Å². The van der Waals surface area contributed by atoms with Gasteiger partial charge in [-0.3, -0.25) is 0 Å². The lowest BCUT2D eigenvalue weighted by Crippen LogP contribution is -1.94. The van der Waals surface area contributed by atoms with Gasteiger partial charge in [0.05, 0.1) is 0 Å². The highest BCUT2D eigenvalue weighted by Gasteiger charge is 2.03. The standard InChI is InChI=1S/C13H13NO2/c14-11-4-2-1-3-10(11)7-9-5-6-12(15)13(16)8-9/h1-6,8,15-16H,7,14H2. The highest BCUT2D eigenvalue weighted by atomic mass is 16.3. The number of para-hydroxylation sites is 1. The van der Waals surface area contributed by atoms with Crippen LogP contribution in [0.25, 0.3) is 0 Å². The van der Waals surface area contributed by atoms with Crippen LogP contribution in [-0.4, -0.2) is 10.2 Å². The Morgan fingerprint density at radius 1 is 0.938 bits per heavy atom. The quantitative estimate of drug-likeness (QED) is 0.531. The number of benzene rings is 2. The molecule has 2 aromatic carbocycles. The second-order valence-corrected chi connectivity index (χ2v) is 3.70. The fourth-order valence-corrected chi connectivity index (χ4v) is 1.59. The van der Waals surface area contributed by atoms with Gasteiger partial charge in [0.2, 0.25) is 0 Å². The molecule has 0 unspecified atom stereocenters. The Hall–Kier alpha value is -2.16. The zero-order valence-corrected chi connectivity index (χ0v) is 8.72. The molecule has 0 aromatic heterocycles. The van der Waals surface area contributed by atoms with Crippen LogP contribution in [-0.2, 0) is 6.42 Å². The number of aromatic hydroxyl groups is 2. The molecule has 3 heteroatoms. The fraction of sp³-hybridized carbons (Fsp3) is 0.0769. The predicted molar refractivity (Wildman–Crippen MR) is 63.4 cm³/mol. The number of hydrogen-bond donors (Lipinski definition) is 3. The van der Waals surface area contributed by atoms with Crippen molar-refractivity contribution in [2.45, 2.75) is 6.42 Å². The molecule has 0 aliphatic rings. The smallest absolute Gasteiger partial charge is 0.157 e. The van der Waals surface area contributed by atoms with Crippen molar-refractivity contribution in [1.82, 2.24) is 0 Å². The number of phenolic OH excluding ortho intramolecular Hbond substituents is 2. The molecule has 0 radical (unpaired) electrons. The fourth-order valence-electron chi connectivity index (χ4n) is 1.59. The van der Waals surface area contributed by atoms with E-state index in [0.717, 1.165) is 16.8 Å². The number of phenols is 2. The Morgan fingerprint density at radius 3 is 2.38 bits per heavy atom. The maximum atomic E-state index is 9.37. The van der Waals surface area contributed by atoms with Crippen LogP contribution in [0, 0.1) is 0 Å². The highest BCUT2D eigenvalue weighted by molar-refractivity contribution is 5.50. The molecule has 0 atom stereocenters. The van der Waals surface area contributed by atoms with Crippen LogP contribution in [0.4, 0.5) is 5.69 Å². The Morgan fingerprint density at radius 2 is 1.69 bits per heavy atom. The zero-order valence-electron chi connectivity index (χ0n) is 8.72. The van der Waals surface area contributed by atoms with Gasteiger partial charge >= 0.3 is 0 Å². The Balaban J connectivity index is 2.28. The number of nitrogens with two attached hydrogens (primary N) is 1. The summed E-state index contributed by atoms with van der Waals surface area (Å²) in [6.07, 6.45) is 0.639. The first-order chi connectivity index (χ1) is 7.66. The van der Waals surface area contributed by atoms with Crippen molar-refractivity contribution in [3.8, 4) is 11.5 Å².